The third-order valence-electron chi connectivity index (χ3n) is 3.11. The second-order valence-electron chi connectivity index (χ2n) is 5.25. The highest BCUT2D eigenvalue weighted by molar-refractivity contribution is 5.49. The zero-order valence-corrected chi connectivity index (χ0v) is 11.7. The van der Waals surface area contributed by atoms with Crippen molar-refractivity contribution in [1.82, 2.24) is 4.98 Å². The molecule has 108 valence electrons. The molecule has 0 spiro atoms. The van der Waals surface area contributed by atoms with Crippen molar-refractivity contribution in [2.45, 2.75) is 33.4 Å². The third-order valence-corrected chi connectivity index (χ3v) is 3.11. The van der Waals surface area contributed by atoms with Crippen LogP contribution < -0.4 is 10.6 Å². The maximum Gasteiger partial charge on any atom is 0.416 e. The molecule has 3 nitrogen and oxygen atoms in total. The fourth-order valence-electron chi connectivity index (χ4n) is 1.37. The van der Waals surface area contributed by atoms with Crippen LogP contribution in [0, 0.1) is 5.41 Å². The molecule has 2 N–H and O–H groups in total. The average Bonchev–Trinajstić information content (AvgIpc) is 2.35. The lowest BCUT2D eigenvalue weighted by Gasteiger charge is -2.23. The Morgan fingerprint density at radius 2 is 1.74 bits per heavy atom. The molecular formula is C13H20F3N3. The predicted octanol–water partition coefficient (Wildman–Crippen LogP) is 3.99. The van der Waals surface area contributed by atoms with E-state index in [9.17, 15) is 13.2 Å². The highest BCUT2D eigenvalue weighted by Gasteiger charge is 2.31. The minimum absolute atomic E-state index is 0.00965. The summed E-state index contributed by atoms with van der Waals surface area (Å²) in [5.74, 6) is 0.437. The summed E-state index contributed by atoms with van der Waals surface area (Å²) >= 11 is 0. The maximum absolute atomic E-state index is 12.7. The van der Waals surface area contributed by atoms with Crippen LogP contribution in [0.1, 0.15) is 32.8 Å². The van der Waals surface area contributed by atoms with Gasteiger partial charge in [0.15, 0.2) is 0 Å². The van der Waals surface area contributed by atoms with Crippen LogP contribution in [-0.4, -0.2) is 18.6 Å². The van der Waals surface area contributed by atoms with Gasteiger partial charge in [0.1, 0.15) is 11.6 Å². The van der Waals surface area contributed by atoms with Gasteiger partial charge in [0.25, 0.3) is 0 Å². The molecule has 0 saturated carbocycles. The molecular weight excluding hydrogens is 255 g/mol. The topological polar surface area (TPSA) is 37.0 Å². The van der Waals surface area contributed by atoms with Gasteiger partial charge < -0.3 is 10.6 Å². The van der Waals surface area contributed by atoms with E-state index in [0.29, 0.717) is 6.54 Å². The van der Waals surface area contributed by atoms with Crippen LogP contribution in [0.25, 0.3) is 0 Å². The Kier molecular flexibility index (Phi) is 4.66. The number of nitrogens with one attached hydrogen (secondary N) is 2. The van der Waals surface area contributed by atoms with Gasteiger partial charge in [-0.1, -0.05) is 20.8 Å². The molecule has 19 heavy (non-hydrogen) atoms. The normalized spacial score (nSPS) is 12.4. The van der Waals surface area contributed by atoms with E-state index in [1.165, 1.54) is 0 Å². The summed E-state index contributed by atoms with van der Waals surface area (Å²) in [6.07, 6.45) is -3.44. The Labute approximate surface area is 111 Å². The quantitative estimate of drug-likeness (QED) is 0.853. The molecule has 0 unspecified atom stereocenters. The van der Waals surface area contributed by atoms with E-state index in [2.05, 4.69) is 15.6 Å². The van der Waals surface area contributed by atoms with Crippen molar-refractivity contribution >= 4 is 11.6 Å². The lowest BCUT2D eigenvalue weighted by atomic mass is 9.90. The van der Waals surface area contributed by atoms with Crippen molar-refractivity contribution in [3.05, 3.63) is 17.7 Å². The molecule has 6 heteroatoms. The largest absolute Gasteiger partial charge is 0.416 e. The Morgan fingerprint density at radius 1 is 1.16 bits per heavy atom. The fourth-order valence-corrected chi connectivity index (χ4v) is 1.37. The highest BCUT2D eigenvalue weighted by atomic mass is 19.4. The molecule has 1 aromatic rings. The van der Waals surface area contributed by atoms with Gasteiger partial charge in [0, 0.05) is 13.6 Å². The van der Waals surface area contributed by atoms with Crippen molar-refractivity contribution in [3.63, 3.8) is 0 Å². The Hall–Kier alpha value is -1.46. The van der Waals surface area contributed by atoms with Gasteiger partial charge >= 0.3 is 6.18 Å². The molecule has 0 atom stereocenters. The third kappa shape index (κ3) is 4.61. The number of rotatable bonds is 5. The summed E-state index contributed by atoms with van der Waals surface area (Å²) in [6, 6.07) is 2.03. The minimum Gasteiger partial charge on any atom is -0.373 e. The minimum atomic E-state index is -4.37. The van der Waals surface area contributed by atoms with Gasteiger partial charge in [0.05, 0.1) is 5.56 Å². The van der Waals surface area contributed by atoms with Gasteiger partial charge in [-0.05, 0) is 24.0 Å². The molecule has 0 radical (unpaired) electrons. The smallest absolute Gasteiger partial charge is 0.373 e. The van der Waals surface area contributed by atoms with E-state index >= 15 is 0 Å². The summed E-state index contributed by atoms with van der Waals surface area (Å²) in [5, 5.41) is 5.61. The zero-order valence-electron chi connectivity index (χ0n) is 11.7. The summed E-state index contributed by atoms with van der Waals surface area (Å²) in [4.78, 5) is 4.08. The van der Waals surface area contributed by atoms with Crippen molar-refractivity contribution in [3.8, 4) is 0 Å². The number of pyridine rings is 1. The van der Waals surface area contributed by atoms with Crippen LogP contribution in [0.15, 0.2) is 12.1 Å². The maximum atomic E-state index is 12.7. The monoisotopic (exact) mass is 275 g/mol. The van der Waals surface area contributed by atoms with E-state index in [1.807, 2.05) is 20.8 Å². The molecule has 0 bridgehead atoms. The molecule has 0 aromatic carbocycles. The number of nitrogens with zero attached hydrogens (tertiary/aromatic N) is 1. The first-order valence-corrected chi connectivity index (χ1v) is 6.19. The summed E-state index contributed by atoms with van der Waals surface area (Å²) in [6.45, 7) is 6.71. The van der Waals surface area contributed by atoms with E-state index in [-0.39, 0.29) is 17.1 Å². The second-order valence-corrected chi connectivity index (χ2v) is 5.25. The van der Waals surface area contributed by atoms with Crippen LogP contribution in [0.5, 0.6) is 0 Å². The van der Waals surface area contributed by atoms with Crippen LogP contribution in [0.2, 0.25) is 0 Å². The van der Waals surface area contributed by atoms with Crippen LogP contribution >= 0.6 is 0 Å². The first kappa shape index (κ1) is 15.6. The summed E-state index contributed by atoms with van der Waals surface area (Å²) < 4.78 is 38.2. The van der Waals surface area contributed by atoms with Crippen molar-refractivity contribution in [1.29, 1.82) is 0 Å². The van der Waals surface area contributed by atoms with E-state index < -0.39 is 11.7 Å². The zero-order chi connectivity index (χ0) is 14.7. The Bertz CT molecular complexity index is 428. The number of aromatic nitrogens is 1. The number of hydrogen-bond donors (Lipinski definition) is 2. The second kappa shape index (κ2) is 5.67. The van der Waals surface area contributed by atoms with Crippen LogP contribution in [0.3, 0.4) is 0 Å². The Balaban J connectivity index is 2.95. The number of hydrogen-bond acceptors (Lipinski definition) is 3. The van der Waals surface area contributed by atoms with Gasteiger partial charge in [0.2, 0.25) is 0 Å². The Morgan fingerprint density at radius 3 is 2.21 bits per heavy atom. The molecule has 0 saturated heterocycles. The summed E-state index contributed by atoms with van der Waals surface area (Å²) in [7, 11) is 1.54. The SMILES string of the molecule is CCC(C)(C)CNc1cc(C(F)(F)F)cc(NC)n1. The van der Waals surface area contributed by atoms with Crippen LogP contribution in [-0.2, 0) is 6.18 Å². The van der Waals surface area contributed by atoms with E-state index in [0.717, 1.165) is 18.6 Å². The van der Waals surface area contributed by atoms with Gasteiger partial charge in [-0.25, -0.2) is 4.98 Å². The van der Waals surface area contributed by atoms with Crippen LogP contribution in [0.4, 0.5) is 24.8 Å². The number of alkyl halides is 3. The first-order valence-electron chi connectivity index (χ1n) is 6.19. The summed E-state index contributed by atoms with van der Waals surface area (Å²) in [5.41, 5.74) is -0.695. The molecule has 1 aromatic heterocycles. The first-order chi connectivity index (χ1) is 8.68. The number of anilines is 2. The average molecular weight is 275 g/mol. The molecule has 0 amide bonds. The molecule has 0 aliphatic carbocycles. The fraction of sp³-hybridized carbons (Fsp3) is 0.615. The lowest BCUT2D eigenvalue weighted by Crippen LogP contribution is -2.22. The number of halogens is 3. The van der Waals surface area contributed by atoms with Crippen molar-refractivity contribution in [2.75, 3.05) is 24.2 Å². The lowest BCUT2D eigenvalue weighted by molar-refractivity contribution is -0.137. The molecule has 0 aliphatic heterocycles. The molecule has 1 heterocycles. The van der Waals surface area contributed by atoms with Crippen molar-refractivity contribution < 1.29 is 13.2 Å². The van der Waals surface area contributed by atoms with Gasteiger partial charge in [-0.15, -0.1) is 0 Å². The van der Waals surface area contributed by atoms with Gasteiger partial charge in [-0.3, -0.25) is 0 Å². The molecule has 0 aliphatic rings. The van der Waals surface area contributed by atoms with Gasteiger partial charge in [-0.2, -0.15) is 13.2 Å². The van der Waals surface area contributed by atoms with E-state index in [1.54, 1.807) is 7.05 Å². The molecule has 1 rings (SSSR count). The standard InChI is InChI=1S/C13H20F3N3/c1-5-12(2,3)8-18-11-7-9(13(14,15)16)6-10(17-4)19-11/h6-7H,5,8H2,1-4H3,(H2,17,18,19). The molecule has 0 fully saturated rings. The van der Waals surface area contributed by atoms with Crippen molar-refractivity contribution in [2.24, 2.45) is 5.41 Å². The predicted molar refractivity (Wildman–Crippen MR) is 71.3 cm³/mol. The highest BCUT2D eigenvalue weighted by Crippen LogP contribution is 2.32. The van der Waals surface area contributed by atoms with E-state index in [4.69, 9.17) is 0 Å².